The van der Waals surface area contributed by atoms with Crippen molar-refractivity contribution < 1.29 is 18.0 Å². The van der Waals surface area contributed by atoms with E-state index in [1.165, 1.54) is 18.6 Å². The molecule has 0 aromatic heterocycles. The molecule has 1 aliphatic carbocycles. The SMILES string of the molecule is O=C(C1CCCCC1)N1CCC(NCc2ccc(C(F)(F)F)cc2)C1c1ccccc1. The number of likely N-dealkylation sites (tertiary alicyclic amines) is 1. The molecule has 2 aliphatic rings. The van der Waals surface area contributed by atoms with E-state index in [0.29, 0.717) is 13.1 Å². The number of nitrogens with one attached hydrogen (secondary N) is 1. The molecule has 2 unspecified atom stereocenters. The number of rotatable bonds is 5. The summed E-state index contributed by atoms with van der Waals surface area (Å²) in [5.41, 5.74) is 1.27. The van der Waals surface area contributed by atoms with Crippen LogP contribution in [0.4, 0.5) is 13.2 Å². The normalized spacial score (nSPS) is 22.6. The highest BCUT2D eigenvalue weighted by Gasteiger charge is 2.40. The van der Waals surface area contributed by atoms with E-state index in [-0.39, 0.29) is 23.9 Å². The van der Waals surface area contributed by atoms with Gasteiger partial charge in [0.25, 0.3) is 0 Å². The standard InChI is InChI=1S/C25H29F3N2O/c26-25(27,28)21-13-11-18(12-14-21)17-29-22-15-16-30(23(22)19-7-3-1-4-8-19)24(31)20-9-5-2-6-10-20/h1,3-4,7-8,11-14,20,22-23,29H,2,5-6,9-10,15-17H2. The van der Waals surface area contributed by atoms with Gasteiger partial charge in [0.1, 0.15) is 0 Å². The van der Waals surface area contributed by atoms with Crippen molar-refractivity contribution in [3.63, 3.8) is 0 Å². The Morgan fingerprint density at radius 2 is 1.61 bits per heavy atom. The molecule has 166 valence electrons. The lowest BCUT2D eigenvalue weighted by Gasteiger charge is -2.33. The molecule has 2 aromatic rings. The number of hydrogen-bond acceptors (Lipinski definition) is 2. The van der Waals surface area contributed by atoms with E-state index in [1.807, 2.05) is 23.1 Å². The molecule has 1 saturated heterocycles. The topological polar surface area (TPSA) is 32.3 Å². The van der Waals surface area contributed by atoms with Crippen LogP contribution in [0.2, 0.25) is 0 Å². The second kappa shape index (κ2) is 9.43. The van der Waals surface area contributed by atoms with Gasteiger partial charge in [-0.15, -0.1) is 0 Å². The quantitative estimate of drug-likeness (QED) is 0.658. The summed E-state index contributed by atoms with van der Waals surface area (Å²) in [7, 11) is 0. The summed E-state index contributed by atoms with van der Waals surface area (Å²) >= 11 is 0. The Balaban J connectivity index is 1.48. The Bertz CT molecular complexity index is 861. The van der Waals surface area contributed by atoms with Crippen LogP contribution < -0.4 is 5.32 Å². The Morgan fingerprint density at radius 1 is 0.935 bits per heavy atom. The number of carbonyl (C=O) groups excluding carboxylic acids is 1. The van der Waals surface area contributed by atoms with Crippen LogP contribution in [0, 0.1) is 5.92 Å². The molecule has 1 aliphatic heterocycles. The van der Waals surface area contributed by atoms with Gasteiger partial charge >= 0.3 is 6.18 Å². The molecule has 2 aromatic carbocycles. The Kier molecular flexibility index (Phi) is 6.65. The number of hydrogen-bond donors (Lipinski definition) is 1. The number of carbonyl (C=O) groups is 1. The maximum atomic E-state index is 13.3. The van der Waals surface area contributed by atoms with Crippen molar-refractivity contribution in [2.75, 3.05) is 6.54 Å². The highest BCUT2D eigenvalue weighted by molar-refractivity contribution is 5.80. The van der Waals surface area contributed by atoms with Gasteiger partial charge in [0, 0.05) is 25.0 Å². The average molecular weight is 431 g/mol. The molecule has 2 fully saturated rings. The predicted molar refractivity (Wildman–Crippen MR) is 114 cm³/mol. The number of alkyl halides is 3. The first-order valence-corrected chi connectivity index (χ1v) is 11.2. The minimum Gasteiger partial charge on any atom is -0.334 e. The summed E-state index contributed by atoms with van der Waals surface area (Å²) in [6, 6.07) is 15.4. The molecule has 1 heterocycles. The van der Waals surface area contributed by atoms with Gasteiger partial charge in [-0.25, -0.2) is 0 Å². The van der Waals surface area contributed by atoms with E-state index in [9.17, 15) is 18.0 Å². The maximum absolute atomic E-state index is 13.3. The fraction of sp³-hybridized carbons (Fsp3) is 0.480. The summed E-state index contributed by atoms with van der Waals surface area (Å²) < 4.78 is 38.4. The minimum absolute atomic E-state index is 0.0509. The van der Waals surface area contributed by atoms with Crippen LogP contribution in [0.15, 0.2) is 54.6 Å². The molecule has 1 saturated carbocycles. The number of benzene rings is 2. The molecule has 31 heavy (non-hydrogen) atoms. The van der Waals surface area contributed by atoms with Gasteiger partial charge < -0.3 is 10.2 Å². The molecule has 6 heteroatoms. The lowest BCUT2D eigenvalue weighted by molar-refractivity contribution is -0.138. The fourth-order valence-electron chi connectivity index (χ4n) is 4.96. The van der Waals surface area contributed by atoms with E-state index in [0.717, 1.165) is 55.4 Å². The number of amides is 1. The van der Waals surface area contributed by atoms with Crippen molar-refractivity contribution in [3.8, 4) is 0 Å². The zero-order chi connectivity index (χ0) is 21.8. The van der Waals surface area contributed by atoms with Gasteiger partial charge in [-0.2, -0.15) is 13.2 Å². The third kappa shape index (κ3) is 5.12. The molecule has 0 spiro atoms. The monoisotopic (exact) mass is 430 g/mol. The van der Waals surface area contributed by atoms with Crippen LogP contribution >= 0.6 is 0 Å². The van der Waals surface area contributed by atoms with Crippen LogP contribution in [0.3, 0.4) is 0 Å². The van der Waals surface area contributed by atoms with E-state index < -0.39 is 11.7 Å². The predicted octanol–water partition coefficient (Wildman–Crippen LogP) is 5.72. The van der Waals surface area contributed by atoms with E-state index in [1.54, 1.807) is 0 Å². The van der Waals surface area contributed by atoms with Crippen LogP contribution in [0.5, 0.6) is 0 Å². The first-order chi connectivity index (χ1) is 14.9. The summed E-state index contributed by atoms with van der Waals surface area (Å²) in [4.78, 5) is 15.4. The van der Waals surface area contributed by atoms with Crippen LogP contribution in [0.1, 0.15) is 61.3 Å². The Hall–Kier alpha value is -2.34. The molecule has 1 amide bonds. The molecular weight excluding hydrogens is 401 g/mol. The highest BCUT2D eigenvalue weighted by Crippen LogP contribution is 2.36. The summed E-state index contributed by atoms with van der Waals surface area (Å²) in [6.45, 7) is 1.18. The minimum atomic E-state index is -4.32. The number of halogens is 3. The van der Waals surface area contributed by atoms with E-state index in [2.05, 4.69) is 17.4 Å². The van der Waals surface area contributed by atoms with Crippen LogP contribution in [0.25, 0.3) is 0 Å². The Labute approximate surface area is 181 Å². The zero-order valence-electron chi connectivity index (χ0n) is 17.6. The van der Waals surface area contributed by atoms with Gasteiger partial charge in [-0.3, -0.25) is 4.79 Å². The second-order valence-electron chi connectivity index (χ2n) is 8.69. The Morgan fingerprint density at radius 3 is 2.26 bits per heavy atom. The molecule has 1 N–H and O–H groups in total. The van der Waals surface area contributed by atoms with Gasteiger partial charge in [-0.1, -0.05) is 61.7 Å². The lowest BCUT2D eigenvalue weighted by Crippen LogP contribution is -2.41. The van der Waals surface area contributed by atoms with Crippen molar-refractivity contribution >= 4 is 5.91 Å². The zero-order valence-corrected chi connectivity index (χ0v) is 17.6. The van der Waals surface area contributed by atoms with E-state index in [4.69, 9.17) is 0 Å². The van der Waals surface area contributed by atoms with E-state index >= 15 is 0 Å². The van der Waals surface area contributed by atoms with Gasteiger partial charge in [-0.05, 0) is 42.5 Å². The number of nitrogens with zero attached hydrogens (tertiary/aromatic N) is 1. The van der Waals surface area contributed by atoms with Crippen molar-refractivity contribution in [1.82, 2.24) is 10.2 Å². The summed E-state index contributed by atoms with van der Waals surface area (Å²) in [5.74, 6) is 0.376. The van der Waals surface area contributed by atoms with Gasteiger partial charge in [0.2, 0.25) is 5.91 Å². The molecular formula is C25H29F3N2O. The van der Waals surface area contributed by atoms with Crippen LogP contribution in [-0.2, 0) is 17.5 Å². The third-order valence-electron chi connectivity index (χ3n) is 6.63. The second-order valence-corrected chi connectivity index (χ2v) is 8.69. The first kappa shape index (κ1) is 21.9. The maximum Gasteiger partial charge on any atom is 0.416 e. The molecule has 3 nitrogen and oxygen atoms in total. The smallest absolute Gasteiger partial charge is 0.334 e. The summed E-state index contributed by atoms with van der Waals surface area (Å²) in [6.07, 6.45) is 1.91. The molecule has 2 atom stereocenters. The van der Waals surface area contributed by atoms with Crippen molar-refractivity contribution in [1.29, 1.82) is 0 Å². The molecule has 0 radical (unpaired) electrons. The lowest BCUT2D eigenvalue weighted by atomic mass is 9.87. The molecule has 0 bridgehead atoms. The van der Waals surface area contributed by atoms with Crippen molar-refractivity contribution in [2.45, 2.75) is 63.3 Å². The largest absolute Gasteiger partial charge is 0.416 e. The van der Waals surface area contributed by atoms with Gasteiger partial charge in [0.05, 0.1) is 11.6 Å². The highest BCUT2D eigenvalue weighted by atomic mass is 19.4. The summed E-state index contributed by atoms with van der Waals surface area (Å²) in [5, 5.41) is 3.52. The van der Waals surface area contributed by atoms with Crippen molar-refractivity contribution in [3.05, 3.63) is 71.3 Å². The van der Waals surface area contributed by atoms with Crippen molar-refractivity contribution in [2.24, 2.45) is 5.92 Å². The fourth-order valence-corrected chi connectivity index (χ4v) is 4.96. The molecule has 4 rings (SSSR count). The first-order valence-electron chi connectivity index (χ1n) is 11.2. The van der Waals surface area contributed by atoms with Gasteiger partial charge in [0.15, 0.2) is 0 Å². The average Bonchev–Trinajstić information content (AvgIpc) is 3.22. The third-order valence-corrected chi connectivity index (χ3v) is 6.63. The van der Waals surface area contributed by atoms with Crippen LogP contribution in [-0.4, -0.2) is 23.4 Å².